The average molecular weight is 350 g/mol. The minimum absolute atomic E-state index is 0.195. The van der Waals surface area contributed by atoms with Crippen molar-refractivity contribution in [3.63, 3.8) is 0 Å². The summed E-state index contributed by atoms with van der Waals surface area (Å²) >= 11 is 6.16. The zero-order valence-electron chi connectivity index (χ0n) is 12.9. The Morgan fingerprint density at radius 1 is 1.08 bits per heavy atom. The van der Waals surface area contributed by atoms with Crippen molar-refractivity contribution in [3.05, 3.63) is 77.1 Å². The monoisotopic (exact) mass is 349 g/mol. The number of para-hydroxylation sites is 2. The molecule has 6 heteroatoms. The molecule has 0 bridgehead atoms. The van der Waals surface area contributed by atoms with Crippen molar-refractivity contribution >= 4 is 45.6 Å². The number of hydrazone groups is 1. The quantitative estimate of drug-likeness (QED) is 0.338. The number of pyridine rings is 1. The van der Waals surface area contributed by atoms with Gasteiger partial charge in [-0.3, -0.25) is 4.79 Å². The Labute approximate surface area is 147 Å². The van der Waals surface area contributed by atoms with E-state index in [1.807, 2.05) is 48.5 Å². The number of halogens is 1. The number of hydrogen-bond acceptors (Lipinski definition) is 4. The minimum Gasteiger partial charge on any atom is -0.451 e. The zero-order chi connectivity index (χ0) is 17.2. The first-order valence-corrected chi connectivity index (χ1v) is 7.96. The largest absolute Gasteiger partial charge is 0.451 e. The van der Waals surface area contributed by atoms with E-state index in [9.17, 15) is 4.79 Å². The van der Waals surface area contributed by atoms with E-state index in [1.54, 1.807) is 12.1 Å². The van der Waals surface area contributed by atoms with Gasteiger partial charge in [-0.25, -0.2) is 10.4 Å². The Hall–Kier alpha value is -3.18. The zero-order valence-corrected chi connectivity index (χ0v) is 13.7. The number of benzene rings is 2. The molecule has 0 saturated carbocycles. The Balaban J connectivity index is 1.54. The summed E-state index contributed by atoms with van der Waals surface area (Å²) < 4.78 is 5.49. The highest BCUT2D eigenvalue weighted by Crippen LogP contribution is 2.20. The van der Waals surface area contributed by atoms with Crippen molar-refractivity contribution in [3.8, 4) is 0 Å². The van der Waals surface area contributed by atoms with Gasteiger partial charge in [-0.1, -0.05) is 48.0 Å². The maximum atomic E-state index is 12.1. The smallest absolute Gasteiger partial charge is 0.307 e. The van der Waals surface area contributed by atoms with Gasteiger partial charge in [-0.15, -0.1) is 0 Å². The van der Waals surface area contributed by atoms with Gasteiger partial charge in [-0.2, -0.15) is 5.10 Å². The molecule has 1 N–H and O–H groups in total. The summed E-state index contributed by atoms with van der Waals surface area (Å²) in [5.41, 5.74) is 4.50. The van der Waals surface area contributed by atoms with Gasteiger partial charge in [0.05, 0.1) is 11.7 Å². The summed E-state index contributed by atoms with van der Waals surface area (Å²) in [7, 11) is 0. The molecule has 25 heavy (non-hydrogen) atoms. The van der Waals surface area contributed by atoms with E-state index in [2.05, 4.69) is 15.5 Å². The number of nitrogens with one attached hydrogen (secondary N) is 1. The summed E-state index contributed by atoms with van der Waals surface area (Å²) in [6, 6.07) is 18.6. The molecule has 4 aromatic rings. The van der Waals surface area contributed by atoms with Gasteiger partial charge in [0.2, 0.25) is 0 Å². The van der Waals surface area contributed by atoms with Crippen molar-refractivity contribution < 1.29 is 9.21 Å². The molecule has 2 aromatic carbocycles. The molecule has 2 heterocycles. The first kappa shape index (κ1) is 15.4. The van der Waals surface area contributed by atoms with E-state index in [1.165, 1.54) is 6.21 Å². The first-order valence-electron chi connectivity index (χ1n) is 7.58. The Morgan fingerprint density at radius 3 is 2.68 bits per heavy atom. The SMILES string of the molecule is O=C(N/N=C/c1cc2ccccc2nc1Cl)c1cc2ccccc2o1. The van der Waals surface area contributed by atoms with Gasteiger partial charge < -0.3 is 4.42 Å². The molecule has 2 aromatic heterocycles. The second-order valence-corrected chi connectivity index (χ2v) is 5.77. The molecule has 0 aliphatic rings. The third-order valence-electron chi connectivity index (χ3n) is 3.72. The Morgan fingerprint density at radius 2 is 1.84 bits per heavy atom. The standard InChI is InChI=1S/C19H12ClN3O2/c20-18-14(9-12-5-1-3-7-15(12)22-18)11-21-23-19(24)17-10-13-6-2-4-8-16(13)25-17/h1-11H,(H,23,24)/b21-11+. The highest BCUT2D eigenvalue weighted by atomic mass is 35.5. The first-order chi connectivity index (χ1) is 12.2. The summed E-state index contributed by atoms with van der Waals surface area (Å²) in [6.45, 7) is 0. The van der Waals surface area contributed by atoms with Crippen LogP contribution in [0.1, 0.15) is 16.1 Å². The molecule has 0 atom stereocenters. The maximum Gasteiger partial charge on any atom is 0.307 e. The fraction of sp³-hybridized carbons (Fsp3) is 0. The number of rotatable bonds is 3. The lowest BCUT2D eigenvalue weighted by molar-refractivity contribution is 0.0929. The van der Waals surface area contributed by atoms with Crippen LogP contribution >= 0.6 is 11.6 Å². The number of furan rings is 1. The van der Waals surface area contributed by atoms with Crippen molar-refractivity contribution in [1.29, 1.82) is 0 Å². The van der Waals surface area contributed by atoms with Gasteiger partial charge in [-0.05, 0) is 24.3 Å². The number of amides is 1. The molecular formula is C19H12ClN3O2. The molecule has 0 saturated heterocycles. The lowest BCUT2D eigenvalue weighted by atomic mass is 10.2. The Kier molecular flexibility index (Phi) is 3.91. The summed E-state index contributed by atoms with van der Waals surface area (Å²) in [5, 5.41) is 6.07. The third-order valence-corrected chi connectivity index (χ3v) is 4.03. The highest BCUT2D eigenvalue weighted by molar-refractivity contribution is 6.32. The van der Waals surface area contributed by atoms with Crippen LogP contribution < -0.4 is 5.43 Å². The number of aromatic nitrogens is 1. The number of carbonyl (C=O) groups excluding carboxylic acids is 1. The van der Waals surface area contributed by atoms with E-state index in [0.29, 0.717) is 16.3 Å². The molecule has 0 radical (unpaired) electrons. The molecule has 0 fully saturated rings. The van der Waals surface area contributed by atoms with Crippen LogP contribution in [0.3, 0.4) is 0 Å². The van der Waals surface area contributed by atoms with Crippen molar-refractivity contribution in [1.82, 2.24) is 10.4 Å². The average Bonchev–Trinajstić information content (AvgIpc) is 3.06. The van der Waals surface area contributed by atoms with Crippen molar-refractivity contribution in [2.24, 2.45) is 5.10 Å². The number of nitrogens with zero attached hydrogens (tertiary/aromatic N) is 2. The van der Waals surface area contributed by atoms with E-state index < -0.39 is 5.91 Å². The predicted molar refractivity (Wildman–Crippen MR) is 98.0 cm³/mol. The lowest BCUT2D eigenvalue weighted by Crippen LogP contribution is -2.16. The van der Waals surface area contributed by atoms with Crippen molar-refractivity contribution in [2.45, 2.75) is 0 Å². The fourth-order valence-electron chi connectivity index (χ4n) is 2.51. The Bertz CT molecular complexity index is 1090. The van der Waals surface area contributed by atoms with Crippen LogP contribution in [0.15, 0.2) is 70.2 Å². The van der Waals surface area contributed by atoms with Gasteiger partial charge in [0.15, 0.2) is 5.76 Å². The molecule has 0 unspecified atom stereocenters. The van der Waals surface area contributed by atoms with Crippen LogP contribution in [0.2, 0.25) is 5.15 Å². The molecule has 0 aliphatic carbocycles. The van der Waals surface area contributed by atoms with Crippen LogP contribution in [0.4, 0.5) is 0 Å². The highest BCUT2D eigenvalue weighted by Gasteiger charge is 2.11. The van der Waals surface area contributed by atoms with Gasteiger partial charge in [0, 0.05) is 16.3 Å². The second-order valence-electron chi connectivity index (χ2n) is 5.41. The second kappa shape index (κ2) is 6.37. The van der Waals surface area contributed by atoms with E-state index in [0.717, 1.165) is 16.3 Å². The fourth-order valence-corrected chi connectivity index (χ4v) is 2.70. The number of fused-ring (bicyclic) bond motifs is 2. The minimum atomic E-state index is -0.433. The lowest BCUT2D eigenvalue weighted by Gasteiger charge is -2.01. The molecule has 122 valence electrons. The molecule has 0 aliphatic heterocycles. The topological polar surface area (TPSA) is 67.5 Å². The molecule has 5 nitrogen and oxygen atoms in total. The maximum absolute atomic E-state index is 12.1. The summed E-state index contributed by atoms with van der Waals surface area (Å²) in [6.07, 6.45) is 1.46. The van der Waals surface area contributed by atoms with E-state index in [4.69, 9.17) is 16.0 Å². The summed E-state index contributed by atoms with van der Waals surface area (Å²) in [5.74, 6) is -0.238. The van der Waals surface area contributed by atoms with E-state index in [-0.39, 0.29) is 5.76 Å². The van der Waals surface area contributed by atoms with E-state index >= 15 is 0 Å². The van der Waals surface area contributed by atoms with Crippen LogP contribution in [0.25, 0.3) is 21.9 Å². The normalized spacial score (nSPS) is 11.4. The van der Waals surface area contributed by atoms with Crippen LogP contribution in [-0.2, 0) is 0 Å². The number of carbonyl (C=O) groups is 1. The number of hydrogen-bond donors (Lipinski definition) is 1. The molecular weight excluding hydrogens is 338 g/mol. The molecule has 0 spiro atoms. The van der Waals surface area contributed by atoms with Crippen LogP contribution in [0.5, 0.6) is 0 Å². The van der Waals surface area contributed by atoms with Crippen LogP contribution in [-0.4, -0.2) is 17.1 Å². The predicted octanol–water partition coefficient (Wildman–Crippen LogP) is 4.40. The third kappa shape index (κ3) is 3.09. The van der Waals surface area contributed by atoms with Crippen molar-refractivity contribution in [2.75, 3.05) is 0 Å². The summed E-state index contributed by atoms with van der Waals surface area (Å²) in [4.78, 5) is 16.4. The van der Waals surface area contributed by atoms with Crippen LogP contribution in [0, 0.1) is 0 Å². The van der Waals surface area contributed by atoms with Gasteiger partial charge >= 0.3 is 5.91 Å². The van der Waals surface area contributed by atoms with Gasteiger partial charge in [0.25, 0.3) is 0 Å². The molecule has 1 amide bonds. The van der Waals surface area contributed by atoms with Gasteiger partial charge in [0.1, 0.15) is 10.7 Å². The molecule has 4 rings (SSSR count).